The molecule has 0 aliphatic carbocycles. The third-order valence-electron chi connectivity index (χ3n) is 6.53. The summed E-state index contributed by atoms with van der Waals surface area (Å²) in [5.74, 6) is 0. The molecular formula is C38H37ClN2S. The Morgan fingerprint density at radius 1 is 0.690 bits per heavy atom. The molecule has 0 saturated heterocycles. The summed E-state index contributed by atoms with van der Waals surface area (Å²) in [5, 5.41) is 1.29. The minimum atomic E-state index is 0.255. The Hall–Kier alpha value is -4.31. The van der Waals surface area contributed by atoms with Crippen LogP contribution in [0.25, 0.3) is 21.4 Å². The molecule has 0 N–H and O–H groups in total. The predicted molar refractivity (Wildman–Crippen MR) is 189 cm³/mol. The van der Waals surface area contributed by atoms with Gasteiger partial charge in [0.25, 0.3) is 0 Å². The number of aryl methyl sites for hydroxylation is 1. The van der Waals surface area contributed by atoms with Crippen LogP contribution in [-0.2, 0) is 0 Å². The molecule has 0 saturated carbocycles. The minimum Gasteiger partial charge on any atom is -0.267 e. The van der Waals surface area contributed by atoms with E-state index in [9.17, 15) is 0 Å². The van der Waals surface area contributed by atoms with E-state index in [0.29, 0.717) is 0 Å². The molecule has 1 heterocycles. The Balaban J connectivity index is 0.000000227. The smallest absolute Gasteiger partial charge is 0.114 e. The third kappa shape index (κ3) is 8.36. The molecule has 0 spiro atoms. The number of thiophene rings is 1. The summed E-state index contributed by atoms with van der Waals surface area (Å²) in [5.41, 5.74) is 9.49. The summed E-state index contributed by atoms with van der Waals surface area (Å²) in [6.07, 6.45) is 0. The quantitative estimate of drug-likeness (QED) is 0.0781. The van der Waals surface area contributed by atoms with Gasteiger partial charge in [-0.1, -0.05) is 122 Å². The average molecular weight is 589 g/mol. The molecule has 1 aromatic heterocycles. The van der Waals surface area contributed by atoms with Crippen molar-refractivity contribution in [2.24, 2.45) is 9.98 Å². The number of allylic oxidation sites excluding steroid dienone is 1. The lowest BCUT2D eigenvalue weighted by atomic mass is 10.0. The maximum atomic E-state index is 5.93. The van der Waals surface area contributed by atoms with Crippen LogP contribution < -0.4 is 0 Å². The number of alkyl halides is 1. The van der Waals surface area contributed by atoms with E-state index in [1.807, 2.05) is 62.4 Å². The van der Waals surface area contributed by atoms with Crippen LogP contribution in [0, 0.1) is 6.92 Å². The number of hydrogen-bond donors (Lipinski definition) is 0. The first-order chi connectivity index (χ1) is 20.4. The Kier molecular flexibility index (Phi) is 12.4. The number of hydrogen-bond acceptors (Lipinski definition) is 3. The SMILES string of the molecule is C=C.C=C(C)c1ccc(/C(=N/CCl)c2sc3ccccc3c2C)cc1.C=C(N=C(C)c1ccccc1)c1ccccc1. The fourth-order valence-corrected chi connectivity index (χ4v) is 5.67. The molecule has 4 heteroatoms. The Morgan fingerprint density at radius 3 is 1.76 bits per heavy atom. The summed E-state index contributed by atoms with van der Waals surface area (Å²) in [4.78, 5) is 10.3. The second-order valence-electron chi connectivity index (χ2n) is 9.41. The average Bonchev–Trinajstić information content (AvgIpc) is 3.37. The summed E-state index contributed by atoms with van der Waals surface area (Å²) < 4.78 is 1.28. The van der Waals surface area contributed by atoms with Crippen molar-refractivity contribution in [3.8, 4) is 0 Å². The second-order valence-corrected chi connectivity index (χ2v) is 10.7. The Bertz CT molecular complexity index is 1680. The van der Waals surface area contributed by atoms with Gasteiger partial charge in [-0.25, -0.2) is 0 Å². The van der Waals surface area contributed by atoms with Gasteiger partial charge in [0, 0.05) is 16.0 Å². The lowest BCUT2D eigenvalue weighted by Crippen LogP contribution is -2.03. The third-order valence-corrected chi connectivity index (χ3v) is 7.93. The van der Waals surface area contributed by atoms with Gasteiger partial charge < -0.3 is 0 Å². The second kappa shape index (κ2) is 16.2. The first kappa shape index (κ1) is 32.2. The van der Waals surface area contributed by atoms with Crippen LogP contribution in [0.15, 0.2) is 145 Å². The largest absolute Gasteiger partial charge is 0.267 e. The maximum absolute atomic E-state index is 5.93. The van der Waals surface area contributed by atoms with E-state index < -0.39 is 0 Å². The highest BCUT2D eigenvalue weighted by Crippen LogP contribution is 2.33. The van der Waals surface area contributed by atoms with Crippen LogP contribution in [0.1, 0.15) is 46.5 Å². The maximum Gasteiger partial charge on any atom is 0.114 e. The monoisotopic (exact) mass is 588 g/mol. The van der Waals surface area contributed by atoms with E-state index in [-0.39, 0.29) is 6.00 Å². The fourth-order valence-electron chi connectivity index (χ4n) is 4.31. The van der Waals surface area contributed by atoms with E-state index in [1.54, 1.807) is 11.3 Å². The molecular weight excluding hydrogens is 552 g/mol. The summed E-state index contributed by atoms with van der Waals surface area (Å²) in [6.45, 7) is 20.2. The molecule has 2 nitrogen and oxygen atoms in total. The first-order valence-corrected chi connectivity index (χ1v) is 14.9. The first-order valence-electron chi connectivity index (χ1n) is 13.6. The van der Waals surface area contributed by atoms with Gasteiger partial charge in [0.15, 0.2) is 0 Å². The van der Waals surface area contributed by atoms with Crippen molar-refractivity contribution >= 4 is 55.7 Å². The van der Waals surface area contributed by atoms with E-state index in [1.165, 1.54) is 20.5 Å². The summed E-state index contributed by atoms with van der Waals surface area (Å²) >= 11 is 7.70. The van der Waals surface area contributed by atoms with E-state index in [2.05, 4.69) is 104 Å². The molecule has 5 aromatic rings. The molecule has 4 aromatic carbocycles. The highest BCUT2D eigenvalue weighted by atomic mass is 35.5. The lowest BCUT2D eigenvalue weighted by molar-refractivity contribution is 1.35. The number of benzene rings is 4. The summed E-state index contributed by atoms with van der Waals surface area (Å²) in [6, 6.07) is 37.2. The molecule has 0 bridgehead atoms. The van der Waals surface area contributed by atoms with Crippen molar-refractivity contribution in [1.29, 1.82) is 0 Å². The van der Waals surface area contributed by atoms with Crippen molar-refractivity contribution in [2.75, 3.05) is 6.00 Å². The van der Waals surface area contributed by atoms with Crippen LogP contribution in [-0.4, -0.2) is 17.4 Å². The minimum absolute atomic E-state index is 0.255. The Labute approximate surface area is 259 Å². The molecule has 0 atom stereocenters. The molecule has 0 radical (unpaired) electrons. The summed E-state index contributed by atoms with van der Waals surface area (Å²) in [7, 11) is 0. The zero-order valence-electron chi connectivity index (χ0n) is 24.6. The number of halogens is 1. The number of aliphatic imine (C=N–C) groups is 2. The van der Waals surface area contributed by atoms with Crippen LogP contribution in [0.3, 0.4) is 0 Å². The van der Waals surface area contributed by atoms with Gasteiger partial charge in [0.1, 0.15) is 6.00 Å². The van der Waals surface area contributed by atoms with Gasteiger partial charge in [-0.3, -0.25) is 9.98 Å². The van der Waals surface area contributed by atoms with Gasteiger partial charge in [0.2, 0.25) is 0 Å². The van der Waals surface area contributed by atoms with Crippen molar-refractivity contribution in [1.82, 2.24) is 0 Å². The molecule has 0 aliphatic heterocycles. The van der Waals surface area contributed by atoms with Gasteiger partial charge in [-0.2, -0.15) is 0 Å². The molecule has 212 valence electrons. The number of nitrogens with zero attached hydrogens (tertiary/aromatic N) is 2. The van der Waals surface area contributed by atoms with E-state index in [4.69, 9.17) is 11.6 Å². The van der Waals surface area contributed by atoms with Crippen molar-refractivity contribution in [3.63, 3.8) is 0 Å². The predicted octanol–water partition coefficient (Wildman–Crippen LogP) is 11.2. The van der Waals surface area contributed by atoms with E-state index >= 15 is 0 Å². The number of rotatable bonds is 7. The molecule has 0 aliphatic rings. The molecule has 0 unspecified atom stereocenters. The van der Waals surface area contributed by atoms with Gasteiger partial charge in [-0.15, -0.1) is 36.1 Å². The molecule has 5 rings (SSSR count). The molecule has 0 fully saturated rings. The van der Waals surface area contributed by atoms with Crippen LogP contribution in [0.5, 0.6) is 0 Å². The highest BCUT2D eigenvalue weighted by molar-refractivity contribution is 7.21. The standard InChI is InChI=1S/C20H18ClNS.C16H15N.C2H4/c1-13(2)15-8-10-16(11-9-15)19(22-12-21)20-14(3)17-6-4-5-7-18(17)23-20;1-13(15-9-5-3-6-10-15)17-14(2)16-11-7-4-8-12-16;1-2/h4-11H,1,12H2,2-3H3;3-12H,1H2,2H3;1-2H2/b22-19-;;. The van der Waals surface area contributed by atoms with E-state index in [0.717, 1.165) is 44.9 Å². The highest BCUT2D eigenvalue weighted by Gasteiger charge is 2.15. The molecule has 0 amide bonds. The van der Waals surface area contributed by atoms with Gasteiger partial charge >= 0.3 is 0 Å². The zero-order chi connectivity index (χ0) is 30.5. The normalized spacial score (nSPS) is 11.1. The molecule has 42 heavy (non-hydrogen) atoms. The van der Waals surface area contributed by atoms with Crippen LogP contribution in [0.4, 0.5) is 0 Å². The number of fused-ring (bicyclic) bond motifs is 1. The van der Waals surface area contributed by atoms with Gasteiger partial charge in [0.05, 0.1) is 16.3 Å². The Morgan fingerprint density at radius 2 is 1.21 bits per heavy atom. The van der Waals surface area contributed by atoms with Crippen molar-refractivity contribution in [3.05, 3.63) is 168 Å². The van der Waals surface area contributed by atoms with Crippen LogP contribution >= 0.6 is 22.9 Å². The van der Waals surface area contributed by atoms with Crippen LogP contribution in [0.2, 0.25) is 0 Å². The van der Waals surface area contributed by atoms with Crippen molar-refractivity contribution < 1.29 is 0 Å². The van der Waals surface area contributed by atoms with Crippen molar-refractivity contribution in [2.45, 2.75) is 20.8 Å². The zero-order valence-corrected chi connectivity index (χ0v) is 26.2. The van der Waals surface area contributed by atoms with Gasteiger partial charge in [-0.05, 0) is 54.5 Å². The topological polar surface area (TPSA) is 24.7 Å². The fraction of sp³-hybridized carbons (Fsp3) is 0.105. The lowest BCUT2D eigenvalue weighted by Gasteiger charge is -2.07.